The van der Waals surface area contributed by atoms with E-state index in [4.69, 9.17) is 20.4 Å². The Bertz CT molecular complexity index is 1160. The van der Waals surface area contributed by atoms with Crippen LogP contribution in [0.2, 0.25) is 0 Å². The Morgan fingerprint density at radius 1 is 1.33 bits per heavy atom. The molecule has 0 aromatic carbocycles. The SMILES string of the molecule is CO/N=C(/C(=O)N[C@@H]1C(=O)N2C(C(=O)[O-])=C(OC)CS[C@H]12)c1csc(NC(=O)OC[C@@H](N)C(=O)O)n1.O.O.[Na+]. The van der Waals surface area contributed by atoms with E-state index in [1.165, 1.54) is 31.4 Å². The monoisotopic (exact) mass is 602 g/mol. The van der Waals surface area contributed by atoms with E-state index in [1.54, 1.807) is 0 Å². The molecule has 2 aliphatic rings. The van der Waals surface area contributed by atoms with Gasteiger partial charge in [-0.3, -0.25) is 24.6 Å². The predicted octanol–water partition coefficient (Wildman–Crippen LogP) is -7.18. The van der Waals surface area contributed by atoms with Crippen LogP contribution in [0.15, 0.2) is 22.0 Å². The first-order chi connectivity index (χ1) is 17.1. The van der Waals surface area contributed by atoms with Gasteiger partial charge in [-0.2, -0.15) is 0 Å². The molecule has 0 aliphatic carbocycles. The van der Waals surface area contributed by atoms with Gasteiger partial charge in [0, 0.05) is 5.38 Å². The second-order valence-electron chi connectivity index (χ2n) is 6.95. The van der Waals surface area contributed by atoms with Gasteiger partial charge in [0.1, 0.15) is 48.3 Å². The number of ether oxygens (including phenoxy) is 2. The molecule has 1 aromatic rings. The number of β-lactam (4-membered cyclic amide) rings is 1. The zero-order chi connectivity index (χ0) is 26.6. The largest absolute Gasteiger partial charge is 1.00 e. The number of nitrogens with two attached hydrogens (primary N) is 1. The van der Waals surface area contributed by atoms with Crippen LogP contribution in [0.5, 0.6) is 0 Å². The Kier molecular flexibility index (Phi) is 14.4. The van der Waals surface area contributed by atoms with E-state index in [0.29, 0.717) is 0 Å². The molecular formula is C18H23N6NaO12S2. The van der Waals surface area contributed by atoms with Crippen molar-refractivity contribution in [2.75, 3.05) is 31.9 Å². The Balaban J connectivity index is 0.00000481. The molecule has 1 saturated heterocycles. The molecule has 2 aliphatic heterocycles. The molecule has 9 N–H and O–H groups in total. The fourth-order valence-electron chi connectivity index (χ4n) is 3.04. The molecule has 0 spiro atoms. The number of carboxylic acids is 2. The summed E-state index contributed by atoms with van der Waals surface area (Å²) in [6.45, 7) is -0.579. The van der Waals surface area contributed by atoms with Gasteiger partial charge < -0.3 is 51.3 Å². The topological polar surface area (TPSA) is 298 Å². The van der Waals surface area contributed by atoms with Gasteiger partial charge in [-0.05, 0) is 0 Å². The average molecular weight is 603 g/mol. The number of anilines is 1. The van der Waals surface area contributed by atoms with Gasteiger partial charge in [-0.1, -0.05) is 5.16 Å². The van der Waals surface area contributed by atoms with E-state index in [9.17, 15) is 29.1 Å². The maximum Gasteiger partial charge on any atom is 1.00 e. The summed E-state index contributed by atoms with van der Waals surface area (Å²) in [5, 5.41) is 29.2. The van der Waals surface area contributed by atoms with Crippen molar-refractivity contribution in [3.63, 3.8) is 0 Å². The minimum absolute atomic E-state index is 0. The van der Waals surface area contributed by atoms with Crippen molar-refractivity contribution in [3.8, 4) is 0 Å². The van der Waals surface area contributed by atoms with Crippen LogP contribution in [0, 0.1) is 0 Å². The molecule has 39 heavy (non-hydrogen) atoms. The molecule has 18 nitrogen and oxygen atoms in total. The quantitative estimate of drug-likeness (QED) is 0.0838. The van der Waals surface area contributed by atoms with Gasteiger partial charge >= 0.3 is 41.6 Å². The van der Waals surface area contributed by atoms with Crippen LogP contribution in [0.1, 0.15) is 5.69 Å². The molecular weight excluding hydrogens is 579 g/mol. The molecule has 1 aromatic heterocycles. The molecule has 0 unspecified atom stereocenters. The summed E-state index contributed by atoms with van der Waals surface area (Å²) < 4.78 is 9.71. The maximum absolute atomic E-state index is 12.9. The van der Waals surface area contributed by atoms with E-state index in [0.717, 1.165) is 16.2 Å². The van der Waals surface area contributed by atoms with E-state index < -0.39 is 59.6 Å². The number of amides is 3. The molecule has 21 heteroatoms. The van der Waals surface area contributed by atoms with Gasteiger partial charge in [0.05, 0.1) is 18.8 Å². The van der Waals surface area contributed by atoms with Crippen molar-refractivity contribution in [2.45, 2.75) is 17.5 Å². The third-order valence-electron chi connectivity index (χ3n) is 4.72. The Morgan fingerprint density at radius 2 is 2.00 bits per heavy atom. The standard InChI is InChI=1S/C18H20N6O10S2.Na.2H2O/c1-32-8-5-35-14-10(13(26)24(14)11(8)16(29)30)21-12(25)9(23-33-2)7-4-36-17(20-7)22-18(31)34-3-6(19)15(27)28;;;/h4,6,10,14H,3,5,19H2,1-2H3,(H,21,25)(H,27,28)(H,29,30)(H,20,22,31);;2*1H2/q;+1;;/p-1/b23-9+;;;/t6-,10-,14-;;;/m1.../s1. The van der Waals surface area contributed by atoms with Crippen LogP contribution in [0.4, 0.5) is 9.93 Å². The number of thiazole rings is 1. The fourth-order valence-corrected chi connectivity index (χ4v) is 5.04. The smallest absolute Gasteiger partial charge is 0.543 e. The summed E-state index contributed by atoms with van der Waals surface area (Å²) in [5.41, 5.74) is 4.51. The van der Waals surface area contributed by atoms with Crippen molar-refractivity contribution in [2.24, 2.45) is 10.9 Å². The summed E-state index contributed by atoms with van der Waals surface area (Å²) >= 11 is 2.08. The Labute approximate surface area is 249 Å². The summed E-state index contributed by atoms with van der Waals surface area (Å²) in [5.74, 6) is -4.25. The summed E-state index contributed by atoms with van der Waals surface area (Å²) in [4.78, 5) is 69.2. The van der Waals surface area contributed by atoms with E-state index in [2.05, 4.69) is 25.5 Å². The molecule has 3 heterocycles. The number of nitrogens with zero attached hydrogens (tertiary/aromatic N) is 3. The molecule has 210 valence electrons. The number of methoxy groups -OCH3 is 1. The third kappa shape index (κ3) is 8.02. The van der Waals surface area contributed by atoms with Crippen LogP contribution in [0.25, 0.3) is 0 Å². The second-order valence-corrected chi connectivity index (χ2v) is 8.92. The molecule has 0 radical (unpaired) electrons. The number of carboxylic acid groups (broad SMARTS) is 2. The summed E-state index contributed by atoms with van der Waals surface area (Å²) in [6, 6.07) is -2.47. The van der Waals surface area contributed by atoms with Gasteiger partial charge in [-0.25, -0.2) is 9.78 Å². The number of hydrogen-bond donors (Lipinski definition) is 4. The van der Waals surface area contributed by atoms with Crippen LogP contribution in [-0.4, -0.2) is 106 Å². The van der Waals surface area contributed by atoms with Crippen molar-refractivity contribution in [3.05, 3.63) is 22.5 Å². The van der Waals surface area contributed by atoms with Crippen molar-refractivity contribution in [1.29, 1.82) is 0 Å². The molecule has 3 rings (SSSR count). The zero-order valence-electron chi connectivity index (χ0n) is 20.6. The number of hydrogen-bond acceptors (Lipinski definition) is 14. The average Bonchev–Trinajstić information content (AvgIpc) is 3.30. The normalized spacial score (nSPS) is 18.5. The number of aromatic nitrogens is 1. The Hall–Kier alpha value is -2.98. The second kappa shape index (κ2) is 15.6. The van der Waals surface area contributed by atoms with Gasteiger partial charge in [0.25, 0.3) is 11.8 Å². The minimum atomic E-state index is -1.58. The first-order valence-corrected chi connectivity index (χ1v) is 11.7. The van der Waals surface area contributed by atoms with Gasteiger partial charge in [-0.15, -0.1) is 23.1 Å². The first kappa shape index (κ1) is 36.0. The number of carbonyl (C=O) groups excluding carboxylic acids is 4. The molecule has 3 amide bonds. The Morgan fingerprint density at radius 3 is 2.56 bits per heavy atom. The fraction of sp³-hybridized carbons (Fsp3) is 0.389. The zero-order valence-corrected chi connectivity index (χ0v) is 24.2. The number of fused-ring (bicyclic) bond motifs is 1. The number of rotatable bonds is 10. The third-order valence-corrected chi connectivity index (χ3v) is 6.74. The number of thioether (sulfide) groups is 1. The summed E-state index contributed by atoms with van der Waals surface area (Å²) in [7, 11) is 2.45. The van der Waals surface area contributed by atoms with Crippen molar-refractivity contribution >= 4 is 63.8 Å². The molecule has 3 atom stereocenters. The van der Waals surface area contributed by atoms with Crippen molar-refractivity contribution < 1.29 is 89.0 Å². The molecule has 0 bridgehead atoms. The number of oxime groups is 1. The first-order valence-electron chi connectivity index (χ1n) is 9.82. The van der Waals surface area contributed by atoms with Crippen LogP contribution in [-0.2, 0) is 33.5 Å². The van der Waals surface area contributed by atoms with E-state index in [1.807, 2.05) is 0 Å². The van der Waals surface area contributed by atoms with Crippen LogP contribution < -0.4 is 51.0 Å². The van der Waals surface area contributed by atoms with E-state index >= 15 is 0 Å². The van der Waals surface area contributed by atoms with Crippen LogP contribution >= 0.6 is 23.1 Å². The minimum Gasteiger partial charge on any atom is -0.543 e. The predicted molar refractivity (Wildman–Crippen MR) is 128 cm³/mol. The summed E-state index contributed by atoms with van der Waals surface area (Å²) in [6.07, 6.45) is -1.02. The van der Waals surface area contributed by atoms with Crippen molar-refractivity contribution in [1.82, 2.24) is 15.2 Å². The number of aliphatic carboxylic acids is 2. The maximum atomic E-state index is 12.9. The van der Waals surface area contributed by atoms with E-state index in [-0.39, 0.29) is 68.6 Å². The molecule has 0 saturated carbocycles. The van der Waals surface area contributed by atoms with Gasteiger partial charge in [0.2, 0.25) is 0 Å². The molecule has 1 fully saturated rings. The van der Waals surface area contributed by atoms with Crippen LogP contribution in [0.3, 0.4) is 0 Å². The van der Waals surface area contributed by atoms with Gasteiger partial charge in [0.15, 0.2) is 10.8 Å². The number of nitrogens with one attached hydrogen (secondary N) is 2. The number of carbonyl (C=O) groups is 5.